The van der Waals surface area contributed by atoms with E-state index in [9.17, 15) is 9.90 Å². The van der Waals surface area contributed by atoms with Crippen LogP contribution >= 0.6 is 0 Å². The highest BCUT2D eigenvalue weighted by molar-refractivity contribution is 5.78. The molecule has 1 aliphatic heterocycles. The van der Waals surface area contributed by atoms with Crippen molar-refractivity contribution in [2.75, 3.05) is 32.7 Å². The first-order chi connectivity index (χ1) is 10.8. The molecule has 0 bridgehead atoms. The molecule has 1 N–H and O–H groups in total. The van der Waals surface area contributed by atoms with E-state index in [-0.39, 0.29) is 17.4 Å². The number of aromatic nitrogens is 1. The Morgan fingerprint density at radius 3 is 2.43 bits per heavy atom. The standard InChI is InChI=1S/C18H29N3O2/c1-14-5-6-15(12-19-14)11-17(23)21-9-7-20(8-10-21)13-16(22)18(2,3)4/h5-6,12,16,22H,7-11,13H2,1-4H3. The number of rotatable bonds is 4. The van der Waals surface area contributed by atoms with E-state index in [1.165, 1.54) is 0 Å². The van der Waals surface area contributed by atoms with Crippen LogP contribution in [0.25, 0.3) is 0 Å². The van der Waals surface area contributed by atoms with Gasteiger partial charge in [0.15, 0.2) is 0 Å². The zero-order valence-electron chi connectivity index (χ0n) is 14.7. The van der Waals surface area contributed by atoms with Crippen LogP contribution in [0.3, 0.4) is 0 Å². The number of piperazine rings is 1. The maximum Gasteiger partial charge on any atom is 0.227 e. The van der Waals surface area contributed by atoms with Crippen LogP contribution in [0, 0.1) is 12.3 Å². The van der Waals surface area contributed by atoms with E-state index in [1.54, 1.807) is 6.20 Å². The van der Waals surface area contributed by atoms with E-state index in [0.717, 1.165) is 37.4 Å². The maximum absolute atomic E-state index is 12.4. The average molecular weight is 319 g/mol. The summed E-state index contributed by atoms with van der Waals surface area (Å²) < 4.78 is 0. The molecule has 1 unspecified atom stereocenters. The van der Waals surface area contributed by atoms with Gasteiger partial charge in [0.2, 0.25) is 5.91 Å². The molecule has 1 aromatic rings. The fourth-order valence-electron chi connectivity index (χ4n) is 2.59. The van der Waals surface area contributed by atoms with Gasteiger partial charge in [-0.2, -0.15) is 0 Å². The fourth-order valence-corrected chi connectivity index (χ4v) is 2.59. The highest BCUT2D eigenvalue weighted by Gasteiger charge is 2.27. The minimum atomic E-state index is -0.344. The fraction of sp³-hybridized carbons (Fsp3) is 0.667. The Bertz CT molecular complexity index is 514. The van der Waals surface area contributed by atoms with Crippen molar-refractivity contribution >= 4 is 5.91 Å². The molecular weight excluding hydrogens is 290 g/mol. The first-order valence-electron chi connectivity index (χ1n) is 8.35. The van der Waals surface area contributed by atoms with E-state index >= 15 is 0 Å². The Labute approximate surface area is 139 Å². The van der Waals surface area contributed by atoms with Crippen LogP contribution in [0.4, 0.5) is 0 Å². The number of pyridine rings is 1. The van der Waals surface area contributed by atoms with Gasteiger partial charge < -0.3 is 10.0 Å². The number of hydrogen-bond donors (Lipinski definition) is 1. The summed E-state index contributed by atoms with van der Waals surface area (Å²) in [5.74, 6) is 0.159. The number of aliphatic hydroxyl groups is 1. The van der Waals surface area contributed by atoms with E-state index in [4.69, 9.17) is 0 Å². The van der Waals surface area contributed by atoms with Gasteiger partial charge in [0.05, 0.1) is 12.5 Å². The number of hydrogen-bond acceptors (Lipinski definition) is 4. The van der Waals surface area contributed by atoms with Gasteiger partial charge in [0.1, 0.15) is 0 Å². The molecule has 2 rings (SSSR count). The molecule has 0 aliphatic carbocycles. The predicted octanol–water partition coefficient (Wildman–Crippen LogP) is 1.48. The lowest BCUT2D eigenvalue weighted by molar-refractivity contribution is -0.132. The molecule has 1 fully saturated rings. The molecule has 1 amide bonds. The molecule has 0 radical (unpaired) electrons. The lowest BCUT2D eigenvalue weighted by atomic mass is 9.89. The van der Waals surface area contributed by atoms with Gasteiger partial charge in [-0.15, -0.1) is 0 Å². The second kappa shape index (κ2) is 7.41. The quantitative estimate of drug-likeness (QED) is 0.913. The second-order valence-corrected chi connectivity index (χ2v) is 7.55. The van der Waals surface area contributed by atoms with Crippen molar-refractivity contribution in [2.45, 2.75) is 40.2 Å². The van der Waals surface area contributed by atoms with Gasteiger partial charge in [-0.05, 0) is 24.0 Å². The van der Waals surface area contributed by atoms with Crippen molar-refractivity contribution in [1.82, 2.24) is 14.8 Å². The zero-order valence-corrected chi connectivity index (χ0v) is 14.7. The number of amides is 1. The summed E-state index contributed by atoms with van der Waals surface area (Å²) in [4.78, 5) is 20.8. The van der Waals surface area contributed by atoms with Crippen LogP contribution < -0.4 is 0 Å². The summed E-state index contributed by atoms with van der Waals surface area (Å²) in [5, 5.41) is 10.2. The van der Waals surface area contributed by atoms with E-state index in [2.05, 4.69) is 9.88 Å². The van der Waals surface area contributed by atoms with Crippen molar-refractivity contribution in [1.29, 1.82) is 0 Å². The summed E-state index contributed by atoms with van der Waals surface area (Å²) in [6, 6.07) is 3.91. The van der Waals surface area contributed by atoms with Crippen molar-refractivity contribution in [3.05, 3.63) is 29.6 Å². The molecule has 5 nitrogen and oxygen atoms in total. The lowest BCUT2D eigenvalue weighted by Gasteiger charge is -2.38. The summed E-state index contributed by atoms with van der Waals surface area (Å²) in [6.07, 6.45) is 1.85. The Hall–Kier alpha value is -1.46. The Morgan fingerprint density at radius 2 is 1.91 bits per heavy atom. The molecule has 5 heteroatoms. The molecule has 1 saturated heterocycles. The molecule has 1 aromatic heterocycles. The first-order valence-corrected chi connectivity index (χ1v) is 8.35. The maximum atomic E-state index is 12.4. The molecule has 1 aliphatic rings. The van der Waals surface area contributed by atoms with Gasteiger partial charge in [-0.25, -0.2) is 0 Å². The van der Waals surface area contributed by atoms with Gasteiger partial charge in [-0.3, -0.25) is 14.7 Å². The molecule has 0 spiro atoms. The topological polar surface area (TPSA) is 56.7 Å². The second-order valence-electron chi connectivity index (χ2n) is 7.55. The summed E-state index contributed by atoms with van der Waals surface area (Å²) in [7, 11) is 0. The van der Waals surface area contributed by atoms with E-state index in [1.807, 2.05) is 44.7 Å². The average Bonchev–Trinajstić information content (AvgIpc) is 2.49. The summed E-state index contributed by atoms with van der Waals surface area (Å²) in [5.41, 5.74) is 1.82. The van der Waals surface area contributed by atoms with Crippen LogP contribution in [0.2, 0.25) is 0 Å². The molecule has 128 valence electrons. The number of nitrogens with zero attached hydrogens (tertiary/aromatic N) is 3. The van der Waals surface area contributed by atoms with E-state index in [0.29, 0.717) is 13.0 Å². The van der Waals surface area contributed by atoms with Crippen LogP contribution in [-0.4, -0.2) is 64.6 Å². The van der Waals surface area contributed by atoms with Gasteiger partial charge in [0, 0.05) is 44.6 Å². The highest BCUT2D eigenvalue weighted by atomic mass is 16.3. The van der Waals surface area contributed by atoms with Gasteiger partial charge in [-0.1, -0.05) is 26.8 Å². The molecule has 0 saturated carbocycles. The third-order valence-corrected chi connectivity index (χ3v) is 4.48. The van der Waals surface area contributed by atoms with Crippen LogP contribution in [0.5, 0.6) is 0 Å². The lowest BCUT2D eigenvalue weighted by Crippen LogP contribution is -2.52. The van der Waals surface area contributed by atoms with Crippen LogP contribution in [-0.2, 0) is 11.2 Å². The summed E-state index contributed by atoms with van der Waals surface area (Å²) >= 11 is 0. The summed E-state index contributed by atoms with van der Waals surface area (Å²) in [6.45, 7) is 11.9. The Kier molecular flexibility index (Phi) is 5.76. The SMILES string of the molecule is Cc1ccc(CC(=O)N2CCN(CC(O)C(C)(C)C)CC2)cn1. The highest BCUT2D eigenvalue weighted by Crippen LogP contribution is 2.20. The number of carbonyl (C=O) groups excluding carboxylic acids is 1. The largest absolute Gasteiger partial charge is 0.391 e. The van der Waals surface area contributed by atoms with E-state index < -0.39 is 0 Å². The molecular formula is C18H29N3O2. The van der Waals surface area contributed by atoms with Crippen LogP contribution in [0.15, 0.2) is 18.3 Å². The van der Waals surface area contributed by atoms with Crippen molar-refractivity contribution in [2.24, 2.45) is 5.41 Å². The molecule has 2 heterocycles. The normalized spacial score (nSPS) is 18.0. The minimum Gasteiger partial charge on any atom is -0.391 e. The van der Waals surface area contributed by atoms with Crippen molar-refractivity contribution in [3.63, 3.8) is 0 Å². The third-order valence-electron chi connectivity index (χ3n) is 4.48. The third kappa shape index (κ3) is 5.29. The van der Waals surface area contributed by atoms with Crippen molar-refractivity contribution in [3.8, 4) is 0 Å². The molecule has 0 aromatic carbocycles. The Balaban J connectivity index is 1.79. The van der Waals surface area contributed by atoms with Gasteiger partial charge in [0.25, 0.3) is 0 Å². The van der Waals surface area contributed by atoms with Crippen molar-refractivity contribution < 1.29 is 9.90 Å². The minimum absolute atomic E-state index is 0.106. The number of aliphatic hydroxyl groups excluding tert-OH is 1. The predicted molar refractivity (Wildman–Crippen MR) is 91.2 cm³/mol. The number of aryl methyl sites for hydroxylation is 1. The van der Waals surface area contributed by atoms with Gasteiger partial charge >= 0.3 is 0 Å². The number of β-amino-alcohol motifs (C(OH)–C–C–N with tert-alkyl or cyclic N) is 1. The molecule has 1 atom stereocenters. The first kappa shape index (κ1) is 17.9. The Morgan fingerprint density at radius 1 is 1.26 bits per heavy atom. The van der Waals surface area contributed by atoms with Crippen LogP contribution in [0.1, 0.15) is 32.0 Å². The smallest absolute Gasteiger partial charge is 0.227 e. The molecule has 23 heavy (non-hydrogen) atoms. The monoisotopic (exact) mass is 319 g/mol. The number of carbonyl (C=O) groups is 1. The zero-order chi connectivity index (χ0) is 17.0.